The number of likely N-dealkylation sites (N-methyl/N-ethyl adjacent to an activating group) is 1. The number of nitrogens with two attached hydrogens (primary N) is 1. The molecular weight excluding hydrogens is 186 g/mol. The first kappa shape index (κ1) is 12.9. The van der Waals surface area contributed by atoms with Crippen molar-refractivity contribution in [2.24, 2.45) is 11.1 Å². The molecule has 90 valence electrons. The molecule has 0 aromatic heterocycles. The second-order valence-corrected chi connectivity index (χ2v) is 5.75. The molecule has 1 fully saturated rings. The lowest BCUT2D eigenvalue weighted by atomic mass is 9.89. The fourth-order valence-electron chi connectivity index (χ4n) is 1.89. The van der Waals surface area contributed by atoms with Gasteiger partial charge in [-0.05, 0) is 38.9 Å². The maximum atomic E-state index is 5.74. The smallest absolute Gasteiger partial charge is 0.0192 e. The Morgan fingerprint density at radius 1 is 1.33 bits per heavy atom. The van der Waals surface area contributed by atoms with Crippen molar-refractivity contribution in [3.8, 4) is 0 Å². The quantitative estimate of drug-likeness (QED) is 0.756. The first-order valence-electron chi connectivity index (χ1n) is 6.07. The highest BCUT2D eigenvalue weighted by molar-refractivity contribution is 4.79. The standard InChI is InChI=1S/C12H27N3/c1-11-9-15(8-7-14(11)4)6-5-12(2,3)10-13/h11H,5-10,13H2,1-4H3. The van der Waals surface area contributed by atoms with Crippen LogP contribution in [0.3, 0.4) is 0 Å². The molecule has 0 aromatic carbocycles. The van der Waals surface area contributed by atoms with E-state index in [9.17, 15) is 0 Å². The molecule has 1 atom stereocenters. The average molecular weight is 213 g/mol. The van der Waals surface area contributed by atoms with E-state index in [-0.39, 0.29) is 0 Å². The predicted octanol–water partition coefficient (Wildman–Crippen LogP) is 0.997. The molecule has 15 heavy (non-hydrogen) atoms. The number of hydrogen-bond donors (Lipinski definition) is 1. The fraction of sp³-hybridized carbons (Fsp3) is 1.00. The topological polar surface area (TPSA) is 32.5 Å². The Morgan fingerprint density at radius 2 is 2.00 bits per heavy atom. The molecule has 0 aromatic rings. The van der Waals surface area contributed by atoms with Crippen LogP contribution in [0.2, 0.25) is 0 Å². The van der Waals surface area contributed by atoms with E-state index in [0.29, 0.717) is 11.5 Å². The van der Waals surface area contributed by atoms with Crippen molar-refractivity contribution >= 4 is 0 Å². The number of rotatable bonds is 4. The maximum Gasteiger partial charge on any atom is 0.0192 e. The summed E-state index contributed by atoms with van der Waals surface area (Å²) in [7, 11) is 2.21. The van der Waals surface area contributed by atoms with Gasteiger partial charge in [-0.15, -0.1) is 0 Å². The lowest BCUT2D eigenvalue weighted by Crippen LogP contribution is -2.50. The Balaban J connectivity index is 2.28. The van der Waals surface area contributed by atoms with Crippen LogP contribution in [-0.4, -0.2) is 55.6 Å². The van der Waals surface area contributed by atoms with Gasteiger partial charge < -0.3 is 15.5 Å². The third-order valence-corrected chi connectivity index (χ3v) is 3.70. The normalized spacial score (nSPS) is 25.8. The molecule has 1 unspecified atom stereocenters. The van der Waals surface area contributed by atoms with Gasteiger partial charge in [0.25, 0.3) is 0 Å². The second-order valence-electron chi connectivity index (χ2n) is 5.75. The van der Waals surface area contributed by atoms with E-state index in [4.69, 9.17) is 5.73 Å². The highest BCUT2D eigenvalue weighted by Crippen LogP contribution is 2.19. The highest BCUT2D eigenvalue weighted by Gasteiger charge is 2.22. The van der Waals surface area contributed by atoms with Gasteiger partial charge in [-0.2, -0.15) is 0 Å². The van der Waals surface area contributed by atoms with E-state index >= 15 is 0 Å². The van der Waals surface area contributed by atoms with Gasteiger partial charge >= 0.3 is 0 Å². The molecule has 1 rings (SSSR count). The summed E-state index contributed by atoms with van der Waals surface area (Å²) in [4.78, 5) is 5.01. The highest BCUT2D eigenvalue weighted by atomic mass is 15.3. The summed E-state index contributed by atoms with van der Waals surface area (Å²) in [5.74, 6) is 0. The summed E-state index contributed by atoms with van der Waals surface area (Å²) in [6, 6.07) is 0.694. The van der Waals surface area contributed by atoms with Crippen LogP contribution >= 0.6 is 0 Å². The third-order valence-electron chi connectivity index (χ3n) is 3.70. The van der Waals surface area contributed by atoms with E-state index in [0.717, 1.165) is 6.54 Å². The summed E-state index contributed by atoms with van der Waals surface area (Å²) >= 11 is 0. The van der Waals surface area contributed by atoms with E-state index in [1.54, 1.807) is 0 Å². The number of piperazine rings is 1. The van der Waals surface area contributed by atoms with Crippen molar-refractivity contribution in [2.75, 3.05) is 39.8 Å². The van der Waals surface area contributed by atoms with Crippen molar-refractivity contribution < 1.29 is 0 Å². The lowest BCUT2D eigenvalue weighted by Gasteiger charge is -2.38. The number of nitrogens with zero attached hydrogens (tertiary/aromatic N) is 2. The van der Waals surface area contributed by atoms with Gasteiger partial charge in [0.05, 0.1) is 0 Å². The van der Waals surface area contributed by atoms with Gasteiger partial charge in [0.2, 0.25) is 0 Å². The Labute approximate surface area is 94.6 Å². The molecule has 1 aliphatic rings. The zero-order chi connectivity index (χ0) is 11.5. The van der Waals surface area contributed by atoms with Gasteiger partial charge in [-0.1, -0.05) is 13.8 Å². The molecule has 0 radical (unpaired) electrons. The van der Waals surface area contributed by atoms with Crippen molar-refractivity contribution in [2.45, 2.75) is 33.2 Å². The largest absolute Gasteiger partial charge is 0.330 e. The monoisotopic (exact) mass is 213 g/mol. The summed E-state index contributed by atoms with van der Waals surface area (Å²) in [6.45, 7) is 12.4. The van der Waals surface area contributed by atoms with Gasteiger partial charge in [-0.25, -0.2) is 0 Å². The van der Waals surface area contributed by atoms with Crippen LogP contribution in [0.15, 0.2) is 0 Å². The minimum absolute atomic E-state index is 0.298. The molecular formula is C12H27N3. The fourth-order valence-corrected chi connectivity index (χ4v) is 1.89. The molecule has 2 N–H and O–H groups in total. The van der Waals surface area contributed by atoms with Crippen LogP contribution in [0.4, 0.5) is 0 Å². The van der Waals surface area contributed by atoms with Crippen LogP contribution in [0.5, 0.6) is 0 Å². The lowest BCUT2D eigenvalue weighted by molar-refractivity contribution is 0.0949. The SMILES string of the molecule is CC1CN(CCC(C)(C)CN)CCN1C. The summed E-state index contributed by atoms with van der Waals surface area (Å²) < 4.78 is 0. The van der Waals surface area contributed by atoms with E-state index in [2.05, 4.69) is 37.6 Å². The molecule has 3 nitrogen and oxygen atoms in total. The minimum Gasteiger partial charge on any atom is -0.330 e. The van der Waals surface area contributed by atoms with Gasteiger partial charge in [-0.3, -0.25) is 0 Å². The predicted molar refractivity (Wildman–Crippen MR) is 66.0 cm³/mol. The van der Waals surface area contributed by atoms with Crippen molar-refractivity contribution in [1.82, 2.24) is 9.80 Å². The van der Waals surface area contributed by atoms with E-state index in [1.165, 1.54) is 32.6 Å². The molecule has 3 heteroatoms. The molecule has 1 saturated heterocycles. The molecule has 1 heterocycles. The average Bonchev–Trinajstić information content (AvgIpc) is 2.20. The summed E-state index contributed by atoms with van der Waals surface area (Å²) in [5, 5.41) is 0. The van der Waals surface area contributed by atoms with E-state index in [1.807, 2.05) is 0 Å². The molecule has 0 saturated carbocycles. The van der Waals surface area contributed by atoms with Crippen LogP contribution in [-0.2, 0) is 0 Å². The van der Waals surface area contributed by atoms with Crippen LogP contribution < -0.4 is 5.73 Å². The Morgan fingerprint density at radius 3 is 2.53 bits per heavy atom. The van der Waals surface area contributed by atoms with Gasteiger partial charge in [0, 0.05) is 25.7 Å². The van der Waals surface area contributed by atoms with Crippen LogP contribution in [0, 0.1) is 5.41 Å². The van der Waals surface area contributed by atoms with Crippen molar-refractivity contribution in [3.05, 3.63) is 0 Å². The Kier molecular flexibility index (Phi) is 4.56. The van der Waals surface area contributed by atoms with Crippen molar-refractivity contribution in [3.63, 3.8) is 0 Å². The minimum atomic E-state index is 0.298. The van der Waals surface area contributed by atoms with E-state index < -0.39 is 0 Å². The zero-order valence-corrected chi connectivity index (χ0v) is 10.8. The Hall–Kier alpha value is -0.120. The Bertz CT molecular complexity index is 191. The molecule has 0 aliphatic carbocycles. The molecule has 1 aliphatic heterocycles. The summed E-state index contributed by atoms with van der Waals surface area (Å²) in [6.07, 6.45) is 1.21. The maximum absolute atomic E-state index is 5.74. The molecule has 0 amide bonds. The van der Waals surface area contributed by atoms with Gasteiger partial charge in [0.15, 0.2) is 0 Å². The van der Waals surface area contributed by atoms with Gasteiger partial charge in [0.1, 0.15) is 0 Å². The zero-order valence-electron chi connectivity index (χ0n) is 10.8. The van der Waals surface area contributed by atoms with Crippen LogP contribution in [0.1, 0.15) is 27.2 Å². The third kappa shape index (κ3) is 4.09. The summed E-state index contributed by atoms with van der Waals surface area (Å²) in [5.41, 5.74) is 6.04. The molecule has 0 bridgehead atoms. The number of hydrogen-bond acceptors (Lipinski definition) is 3. The van der Waals surface area contributed by atoms with Crippen molar-refractivity contribution in [1.29, 1.82) is 0 Å². The first-order valence-corrected chi connectivity index (χ1v) is 6.07. The first-order chi connectivity index (χ1) is 6.94. The second kappa shape index (κ2) is 5.28. The molecule has 0 spiro atoms. The van der Waals surface area contributed by atoms with Crippen LogP contribution in [0.25, 0.3) is 0 Å².